The van der Waals surface area contributed by atoms with Crippen molar-refractivity contribution in [3.63, 3.8) is 0 Å². The number of hydrogen-bond acceptors (Lipinski definition) is 2. The number of anilines is 3. The summed E-state index contributed by atoms with van der Waals surface area (Å²) in [5, 5.41) is 4.90. The molecular weight excluding hydrogens is 751 g/mol. The highest BCUT2D eigenvalue weighted by molar-refractivity contribution is 6.18. The van der Waals surface area contributed by atoms with E-state index in [2.05, 4.69) is 218 Å². The SMILES string of the molecule is CC1(c2ccccc2)c2ccccc2-c2ccc(N(c3ccc(-c4ccc5c6c(cccc46)-c4ccccc4-5)cc3)c3ccc(-c4cccc5c4oc4ccccc45)cc3)cc21. The highest BCUT2D eigenvalue weighted by Gasteiger charge is 2.41. The lowest BCUT2D eigenvalue weighted by molar-refractivity contribution is 0.670. The molecule has 1 unspecified atom stereocenters. The van der Waals surface area contributed by atoms with Crippen LogP contribution in [-0.2, 0) is 5.41 Å². The summed E-state index contributed by atoms with van der Waals surface area (Å²) in [6.07, 6.45) is 0. The molecule has 13 rings (SSSR count). The molecule has 62 heavy (non-hydrogen) atoms. The maximum absolute atomic E-state index is 6.48. The quantitative estimate of drug-likeness (QED) is 0.167. The number of furan rings is 1. The largest absolute Gasteiger partial charge is 0.455 e. The van der Waals surface area contributed by atoms with Gasteiger partial charge in [0.15, 0.2) is 0 Å². The molecule has 0 amide bonds. The minimum Gasteiger partial charge on any atom is -0.455 e. The van der Waals surface area contributed by atoms with Crippen molar-refractivity contribution < 1.29 is 4.42 Å². The van der Waals surface area contributed by atoms with Crippen LogP contribution >= 0.6 is 0 Å². The Morgan fingerprint density at radius 1 is 0.355 bits per heavy atom. The number of benzene rings is 10. The Kier molecular flexibility index (Phi) is 7.47. The van der Waals surface area contributed by atoms with Gasteiger partial charge in [-0.3, -0.25) is 0 Å². The lowest BCUT2D eigenvalue weighted by Crippen LogP contribution is -2.22. The molecule has 0 spiro atoms. The lowest BCUT2D eigenvalue weighted by atomic mass is 9.74. The van der Waals surface area contributed by atoms with E-state index >= 15 is 0 Å². The zero-order valence-electron chi connectivity index (χ0n) is 34.1. The third kappa shape index (κ3) is 4.98. The molecule has 2 nitrogen and oxygen atoms in total. The molecule has 0 radical (unpaired) electrons. The van der Waals surface area contributed by atoms with E-state index in [9.17, 15) is 0 Å². The summed E-state index contributed by atoms with van der Waals surface area (Å²) < 4.78 is 6.48. The second-order valence-electron chi connectivity index (χ2n) is 16.9. The van der Waals surface area contributed by atoms with E-state index in [1.807, 2.05) is 12.1 Å². The molecule has 0 fully saturated rings. The summed E-state index contributed by atoms with van der Waals surface area (Å²) in [5.74, 6) is 0. The maximum Gasteiger partial charge on any atom is 0.143 e. The fraction of sp³-hybridized carbons (Fsp3) is 0.0333. The number of para-hydroxylation sites is 2. The van der Waals surface area contributed by atoms with Gasteiger partial charge in [-0.1, -0.05) is 176 Å². The van der Waals surface area contributed by atoms with E-state index in [4.69, 9.17) is 4.42 Å². The van der Waals surface area contributed by atoms with Crippen LogP contribution in [0.5, 0.6) is 0 Å². The van der Waals surface area contributed by atoms with Gasteiger partial charge in [0.2, 0.25) is 0 Å². The van der Waals surface area contributed by atoms with E-state index in [-0.39, 0.29) is 5.41 Å². The molecule has 1 heterocycles. The molecule has 0 aliphatic heterocycles. The number of rotatable bonds is 6. The standard InChI is InChI=1S/C60H39NO/c1-60(40-13-3-2-4-14-40)55-23-9-7-17-48(55)49-34-33-43(37-56(49)60)61(42-31-27-39(28-32-42)45-19-11-22-54-50-18-8-10-24-57(50)62-59(45)54)41-29-25-38(26-30-41)44-35-36-53-47-16-6-5-15-46(47)52-21-12-20-51(44)58(52)53/h2-37H,1H3. The van der Waals surface area contributed by atoms with Crippen LogP contribution < -0.4 is 4.90 Å². The number of fused-ring (bicyclic) bond motifs is 9. The van der Waals surface area contributed by atoms with Crippen molar-refractivity contribution >= 4 is 49.8 Å². The van der Waals surface area contributed by atoms with Gasteiger partial charge in [-0.05, 0) is 127 Å². The van der Waals surface area contributed by atoms with Gasteiger partial charge in [-0.15, -0.1) is 0 Å². The molecule has 0 saturated heterocycles. The number of hydrogen-bond donors (Lipinski definition) is 0. The Labute approximate surface area is 360 Å². The van der Waals surface area contributed by atoms with Crippen LogP contribution in [0, 0.1) is 0 Å². The maximum atomic E-state index is 6.48. The van der Waals surface area contributed by atoms with E-state index in [1.54, 1.807) is 0 Å². The second kappa shape index (κ2) is 13.3. The average molecular weight is 790 g/mol. The summed E-state index contributed by atoms with van der Waals surface area (Å²) >= 11 is 0. The van der Waals surface area contributed by atoms with Crippen molar-refractivity contribution in [2.24, 2.45) is 0 Å². The van der Waals surface area contributed by atoms with Gasteiger partial charge in [-0.2, -0.15) is 0 Å². The van der Waals surface area contributed by atoms with Crippen LogP contribution in [0.25, 0.3) is 88.3 Å². The second-order valence-corrected chi connectivity index (χ2v) is 16.9. The van der Waals surface area contributed by atoms with Gasteiger partial charge in [-0.25, -0.2) is 0 Å². The van der Waals surface area contributed by atoms with E-state index < -0.39 is 0 Å². The van der Waals surface area contributed by atoms with Crippen molar-refractivity contribution in [2.75, 3.05) is 4.90 Å². The molecule has 0 N–H and O–H groups in total. The Bertz CT molecular complexity index is 3550. The van der Waals surface area contributed by atoms with E-state index in [0.29, 0.717) is 0 Å². The summed E-state index contributed by atoms with van der Waals surface area (Å²) in [4.78, 5) is 2.41. The molecule has 2 heteroatoms. The van der Waals surface area contributed by atoms with Crippen LogP contribution in [0.2, 0.25) is 0 Å². The van der Waals surface area contributed by atoms with Crippen molar-refractivity contribution in [1.29, 1.82) is 0 Å². The van der Waals surface area contributed by atoms with Crippen LogP contribution in [0.1, 0.15) is 23.6 Å². The molecule has 290 valence electrons. The van der Waals surface area contributed by atoms with Crippen LogP contribution in [0.15, 0.2) is 223 Å². The molecule has 0 saturated carbocycles. The summed E-state index contributed by atoms with van der Waals surface area (Å²) in [6, 6.07) is 80.0. The monoisotopic (exact) mass is 789 g/mol. The van der Waals surface area contributed by atoms with Crippen molar-refractivity contribution in [1.82, 2.24) is 0 Å². The third-order valence-electron chi connectivity index (χ3n) is 13.7. The molecule has 2 aliphatic rings. The van der Waals surface area contributed by atoms with Crippen LogP contribution in [-0.4, -0.2) is 0 Å². The van der Waals surface area contributed by atoms with Gasteiger partial charge >= 0.3 is 0 Å². The molecule has 11 aromatic rings. The van der Waals surface area contributed by atoms with Gasteiger partial charge < -0.3 is 9.32 Å². The van der Waals surface area contributed by atoms with E-state index in [0.717, 1.165) is 50.1 Å². The molecule has 0 bridgehead atoms. The molecule has 10 aromatic carbocycles. The van der Waals surface area contributed by atoms with Crippen molar-refractivity contribution in [2.45, 2.75) is 12.3 Å². The fourth-order valence-electron chi connectivity index (χ4n) is 10.8. The van der Waals surface area contributed by atoms with Crippen molar-refractivity contribution in [3.8, 4) is 55.6 Å². The normalized spacial score (nSPS) is 14.6. The van der Waals surface area contributed by atoms with Gasteiger partial charge in [0.1, 0.15) is 11.2 Å². The molecule has 1 aromatic heterocycles. The zero-order valence-corrected chi connectivity index (χ0v) is 34.1. The summed E-state index contributed by atoms with van der Waals surface area (Å²) in [7, 11) is 0. The number of nitrogens with zero attached hydrogens (tertiary/aromatic N) is 1. The average Bonchev–Trinajstić information content (AvgIpc) is 3.97. The minimum absolute atomic E-state index is 0.316. The summed E-state index contributed by atoms with van der Waals surface area (Å²) in [6.45, 7) is 2.39. The zero-order chi connectivity index (χ0) is 40.9. The Morgan fingerprint density at radius 3 is 1.63 bits per heavy atom. The highest BCUT2D eigenvalue weighted by Crippen LogP contribution is 2.54. The van der Waals surface area contributed by atoms with Gasteiger partial charge in [0.25, 0.3) is 0 Å². The first-order valence-corrected chi connectivity index (χ1v) is 21.5. The first-order valence-electron chi connectivity index (χ1n) is 21.5. The van der Waals surface area contributed by atoms with E-state index in [1.165, 1.54) is 72.0 Å². The Hall–Kier alpha value is -7.94. The third-order valence-corrected chi connectivity index (χ3v) is 13.7. The Morgan fingerprint density at radius 2 is 0.871 bits per heavy atom. The molecule has 2 aliphatic carbocycles. The topological polar surface area (TPSA) is 16.4 Å². The van der Waals surface area contributed by atoms with Crippen molar-refractivity contribution in [3.05, 3.63) is 235 Å². The highest BCUT2D eigenvalue weighted by atomic mass is 16.3. The molecular formula is C60H39NO. The van der Waals surface area contributed by atoms with Gasteiger partial charge in [0.05, 0.1) is 0 Å². The predicted octanol–water partition coefficient (Wildman–Crippen LogP) is 16.5. The van der Waals surface area contributed by atoms with Gasteiger partial charge in [0, 0.05) is 38.8 Å². The minimum atomic E-state index is -0.316. The molecule has 1 atom stereocenters. The smallest absolute Gasteiger partial charge is 0.143 e. The predicted molar refractivity (Wildman–Crippen MR) is 259 cm³/mol. The first-order chi connectivity index (χ1) is 30.6. The fourth-order valence-corrected chi connectivity index (χ4v) is 10.8. The Balaban J connectivity index is 0.956. The summed E-state index contributed by atoms with van der Waals surface area (Å²) in [5.41, 5.74) is 21.2. The van der Waals surface area contributed by atoms with Crippen LogP contribution in [0.4, 0.5) is 17.1 Å². The van der Waals surface area contributed by atoms with Crippen LogP contribution in [0.3, 0.4) is 0 Å². The first kappa shape index (κ1) is 34.9. The lowest BCUT2D eigenvalue weighted by Gasteiger charge is -2.31.